The molecule has 176 valence electrons. The number of aryl methyl sites for hydroxylation is 1. The molecule has 9 nitrogen and oxygen atoms in total. The van der Waals surface area contributed by atoms with Gasteiger partial charge in [0, 0.05) is 51.2 Å². The van der Waals surface area contributed by atoms with Gasteiger partial charge in [0.2, 0.25) is 11.4 Å². The van der Waals surface area contributed by atoms with Crippen LogP contribution in [0, 0.1) is 5.92 Å². The average molecular weight is 471 g/mol. The Morgan fingerprint density at radius 1 is 1.33 bits per heavy atom. The highest BCUT2D eigenvalue weighted by molar-refractivity contribution is 7.80. The molecule has 0 spiro atoms. The molecule has 2 unspecified atom stereocenters. The summed E-state index contributed by atoms with van der Waals surface area (Å²) in [6.45, 7) is 11.7. The molecule has 33 heavy (non-hydrogen) atoms. The van der Waals surface area contributed by atoms with Crippen molar-refractivity contribution in [1.82, 2.24) is 24.8 Å². The number of carbonyl (C=O) groups is 1. The Morgan fingerprint density at radius 2 is 2.06 bits per heavy atom. The van der Waals surface area contributed by atoms with Gasteiger partial charge in [0.1, 0.15) is 11.2 Å². The van der Waals surface area contributed by atoms with Gasteiger partial charge >= 0.3 is 5.97 Å². The molecule has 0 amide bonds. The number of anilines is 1. The first-order chi connectivity index (χ1) is 15.8. The van der Waals surface area contributed by atoms with Gasteiger partial charge in [-0.1, -0.05) is 19.1 Å². The zero-order valence-electron chi connectivity index (χ0n) is 19.1. The first-order valence-corrected chi connectivity index (χ1v) is 11.8. The van der Waals surface area contributed by atoms with Crippen LogP contribution in [0.25, 0.3) is 11.0 Å². The third-order valence-electron chi connectivity index (χ3n) is 6.68. The molecule has 4 rings (SSSR count). The van der Waals surface area contributed by atoms with Gasteiger partial charge in [0.15, 0.2) is 5.11 Å². The van der Waals surface area contributed by atoms with E-state index in [4.69, 9.17) is 12.2 Å². The lowest BCUT2D eigenvalue weighted by Gasteiger charge is -2.39. The Bertz CT molecular complexity index is 1150. The molecule has 2 aromatic heterocycles. The number of aromatic nitrogens is 3. The van der Waals surface area contributed by atoms with E-state index in [2.05, 4.69) is 38.6 Å². The number of thiocarbonyl (C=S) groups is 1. The number of rotatable bonds is 4. The molecule has 2 aliphatic rings. The van der Waals surface area contributed by atoms with E-state index in [-0.39, 0.29) is 10.9 Å². The first kappa shape index (κ1) is 23.2. The van der Waals surface area contributed by atoms with Crippen molar-refractivity contribution in [3.05, 3.63) is 40.3 Å². The standard InChI is InChI=1S/C23H30N6O3S/c1-4-27-13-17(21(31)32)19(30)16-12-24-22(26-20(16)27)28-7-9-29(10-8-28)23(33)25-18-11-14(2)5-6-15(18)3/h12-13,15,18H,2,4-11H2,1,3H3,(H,25,33)(H,31,32). The van der Waals surface area contributed by atoms with Crippen molar-refractivity contribution in [3.8, 4) is 0 Å². The first-order valence-electron chi connectivity index (χ1n) is 11.4. The summed E-state index contributed by atoms with van der Waals surface area (Å²) >= 11 is 5.69. The van der Waals surface area contributed by atoms with E-state index < -0.39 is 11.4 Å². The summed E-state index contributed by atoms with van der Waals surface area (Å²) in [6.07, 6.45) is 6.00. The van der Waals surface area contributed by atoms with Gasteiger partial charge in [0.05, 0.1) is 5.39 Å². The molecule has 10 heteroatoms. The maximum Gasteiger partial charge on any atom is 0.341 e. The summed E-state index contributed by atoms with van der Waals surface area (Å²) in [6, 6.07) is 0.335. The highest BCUT2D eigenvalue weighted by Crippen LogP contribution is 2.27. The van der Waals surface area contributed by atoms with Crippen LogP contribution in [0.1, 0.15) is 43.5 Å². The topological polar surface area (TPSA) is 104 Å². The SMILES string of the molecule is C=C1CCC(C)C(NC(=S)N2CCN(c3ncc4c(=O)c(C(=O)O)cn(CC)c4n3)CC2)C1. The second-order valence-corrected chi connectivity index (χ2v) is 9.26. The zero-order chi connectivity index (χ0) is 23.7. The van der Waals surface area contributed by atoms with Crippen LogP contribution in [0.15, 0.2) is 29.3 Å². The van der Waals surface area contributed by atoms with Crippen LogP contribution >= 0.6 is 12.2 Å². The van der Waals surface area contributed by atoms with Crippen molar-refractivity contribution < 1.29 is 9.90 Å². The minimum absolute atomic E-state index is 0.215. The number of pyridine rings is 1. The van der Waals surface area contributed by atoms with E-state index >= 15 is 0 Å². The smallest absolute Gasteiger partial charge is 0.341 e. The highest BCUT2D eigenvalue weighted by Gasteiger charge is 2.27. The maximum atomic E-state index is 12.5. The van der Waals surface area contributed by atoms with Gasteiger partial charge in [-0.05, 0) is 44.3 Å². The fourth-order valence-electron chi connectivity index (χ4n) is 4.51. The Balaban J connectivity index is 1.46. The lowest BCUT2D eigenvalue weighted by molar-refractivity contribution is 0.0695. The summed E-state index contributed by atoms with van der Waals surface area (Å²) < 4.78 is 1.68. The van der Waals surface area contributed by atoms with Gasteiger partial charge < -0.3 is 24.8 Å². The van der Waals surface area contributed by atoms with Gasteiger partial charge in [0.25, 0.3) is 0 Å². The normalized spacial score (nSPS) is 21.3. The molecular weight excluding hydrogens is 440 g/mol. The number of hydrogen-bond donors (Lipinski definition) is 2. The third-order valence-corrected chi connectivity index (χ3v) is 7.06. The number of piperazine rings is 1. The minimum Gasteiger partial charge on any atom is -0.477 e. The fraction of sp³-hybridized carbons (Fsp3) is 0.522. The zero-order valence-corrected chi connectivity index (χ0v) is 19.9. The lowest BCUT2D eigenvalue weighted by Crippen LogP contribution is -2.54. The summed E-state index contributed by atoms with van der Waals surface area (Å²) in [5, 5.41) is 13.9. The van der Waals surface area contributed by atoms with Gasteiger partial charge in [-0.25, -0.2) is 9.78 Å². The molecule has 3 heterocycles. The maximum absolute atomic E-state index is 12.5. The second kappa shape index (κ2) is 9.46. The number of hydrogen-bond acceptors (Lipinski definition) is 6. The molecule has 0 radical (unpaired) electrons. The summed E-state index contributed by atoms with van der Waals surface area (Å²) in [5.74, 6) is -0.151. The van der Waals surface area contributed by atoms with E-state index in [1.54, 1.807) is 4.57 Å². The fourth-order valence-corrected chi connectivity index (χ4v) is 4.84. The van der Waals surface area contributed by atoms with Gasteiger partial charge in [-0.15, -0.1) is 0 Å². The average Bonchev–Trinajstić information content (AvgIpc) is 2.81. The van der Waals surface area contributed by atoms with E-state index in [9.17, 15) is 14.7 Å². The quantitative estimate of drug-likeness (QED) is 0.514. The molecular formula is C23H30N6O3S. The summed E-state index contributed by atoms with van der Waals surface area (Å²) in [4.78, 5) is 37.2. The monoisotopic (exact) mass is 470 g/mol. The van der Waals surface area contributed by atoms with Crippen LogP contribution in [0.3, 0.4) is 0 Å². The van der Waals surface area contributed by atoms with Crippen LogP contribution in [0.2, 0.25) is 0 Å². The number of carboxylic acids is 1. The molecule has 0 aromatic carbocycles. The largest absolute Gasteiger partial charge is 0.477 e. The Hall–Kier alpha value is -3.01. The van der Waals surface area contributed by atoms with Crippen LogP contribution in [0.4, 0.5) is 5.95 Å². The van der Waals surface area contributed by atoms with Crippen LogP contribution in [-0.2, 0) is 6.54 Å². The number of aromatic carboxylic acids is 1. The molecule has 1 aliphatic heterocycles. The molecule has 0 bridgehead atoms. The van der Waals surface area contributed by atoms with Crippen molar-refractivity contribution in [2.75, 3.05) is 31.1 Å². The number of fused-ring (bicyclic) bond motifs is 1. The van der Waals surface area contributed by atoms with E-state index in [0.29, 0.717) is 43.2 Å². The summed E-state index contributed by atoms with van der Waals surface area (Å²) in [7, 11) is 0. The Kier molecular flexibility index (Phi) is 6.64. The number of nitrogens with one attached hydrogen (secondary N) is 1. The predicted molar refractivity (Wildman–Crippen MR) is 132 cm³/mol. The van der Waals surface area contributed by atoms with Crippen LogP contribution < -0.4 is 15.6 Å². The molecule has 2 fully saturated rings. The Morgan fingerprint density at radius 3 is 2.73 bits per heavy atom. The van der Waals surface area contributed by atoms with Gasteiger partial charge in [-0.3, -0.25) is 4.79 Å². The van der Waals surface area contributed by atoms with Crippen molar-refractivity contribution in [2.24, 2.45) is 5.92 Å². The van der Waals surface area contributed by atoms with Crippen molar-refractivity contribution in [1.29, 1.82) is 0 Å². The molecule has 1 saturated heterocycles. The van der Waals surface area contributed by atoms with E-state index in [1.165, 1.54) is 18.0 Å². The van der Waals surface area contributed by atoms with Gasteiger partial charge in [-0.2, -0.15) is 4.98 Å². The summed E-state index contributed by atoms with van der Waals surface area (Å²) in [5.41, 5.74) is 0.900. The molecule has 2 N–H and O–H groups in total. The van der Waals surface area contributed by atoms with Crippen LogP contribution in [-0.4, -0.2) is 67.8 Å². The minimum atomic E-state index is -1.25. The molecule has 1 saturated carbocycles. The highest BCUT2D eigenvalue weighted by atomic mass is 32.1. The molecule has 1 aliphatic carbocycles. The Labute approximate surface area is 198 Å². The van der Waals surface area contributed by atoms with E-state index in [1.807, 2.05) is 6.92 Å². The molecule has 2 atom stereocenters. The number of nitrogens with zero attached hydrogens (tertiary/aromatic N) is 5. The predicted octanol–water partition coefficient (Wildman–Crippen LogP) is 2.25. The van der Waals surface area contributed by atoms with Crippen molar-refractivity contribution in [3.63, 3.8) is 0 Å². The third kappa shape index (κ3) is 4.71. The van der Waals surface area contributed by atoms with Crippen LogP contribution in [0.5, 0.6) is 0 Å². The van der Waals surface area contributed by atoms with Crippen molar-refractivity contribution >= 4 is 40.3 Å². The van der Waals surface area contributed by atoms with Crippen molar-refractivity contribution in [2.45, 2.75) is 45.7 Å². The lowest BCUT2D eigenvalue weighted by atomic mass is 9.83. The molecule has 2 aromatic rings. The second-order valence-electron chi connectivity index (χ2n) is 8.87. The van der Waals surface area contributed by atoms with E-state index in [0.717, 1.165) is 37.5 Å². The number of carboxylic acid groups (broad SMARTS) is 1.